The molecule has 1 aromatic rings. The third kappa shape index (κ3) is 1.46. The maximum atomic E-state index is 10.8. The molecular weight excluding hydrogens is 196 g/mol. The summed E-state index contributed by atoms with van der Waals surface area (Å²) in [6.45, 7) is 1.97. The van der Waals surface area contributed by atoms with Crippen LogP contribution >= 0.6 is 11.6 Å². The molecule has 0 aliphatic heterocycles. The van der Waals surface area contributed by atoms with Gasteiger partial charge >= 0.3 is 0 Å². The molecule has 0 bridgehead atoms. The highest BCUT2D eigenvalue weighted by Crippen LogP contribution is 2.41. The van der Waals surface area contributed by atoms with Gasteiger partial charge in [0, 0.05) is 10.9 Å². The summed E-state index contributed by atoms with van der Waals surface area (Å²) in [5.41, 5.74) is 2.52. The summed E-state index contributed by atoms with van der Waals surface area (Å²) in [5, 5.41) is 0.818. The van der Waals surface area contributed by atoms with Crippen molar-refractivity contribution in [1.82, 2.24) is 0 Å². The van der Waals surface area contributed by atoms with E-state index in [4.69, 9.17) is 11.6 Å². The third-order valence-corrected chi connectivity index (χ3v) is 3.42. The van der Waals surface area contributed by atoms with Crippen molar-refractivity contribution in [1.29, 1.82) is 0 Å². The Hall–Kier alpha value is -0.820. The van der Waals surface area contributed by atoms with Crippen molar-refractivity contribution < 1.29 is 4.79 Å². The predicted molar refractivity (Wildman–Crippen MR) is 57.7 cm³/mol. The van der Waals surface area contributed by atoms with Gasteiger partial charge in [0.05, 0.1) is 0 Å². The summed E-state index contributed by atoms with van der Waals surface area (Å²) in [5.74, 6) is 0.410. The molecule has 0 heterocycles. The van der Waals surface area contributed by atoms with Crippen LogP contribution in [0.4, 0.5) is 0 Å². The number of rotatable bonds is 2. The van der Waals surface area contributed by atoms with Gasteiger partial charge in [0.2, 0.25) is 0 Å². The van der Waals surface area contributed by atoms with Crippen molar-refractivity contribution in [2.75, 3.05) is 0 Å². The van der Waals surface area contributed by atoms with E-state index in [-0.39, 0.29) is 5.92 Å². The second kappa shape index (κ2) is 3.74. The average Bonchev–Trinajstić information content (AvgIpc) is 2.62. The normalized spacial score (nSPS) is 21.7. The molecule has 0 spiro atoms. The second-order valence-electron chi connectivity index (χ2n) is 3.95. The molecule has 0 aromatic heterocycles. The molecule has 0 amide bonds. The van der Waals surface area contributed by atoms with Gasteiger partial charge in [-0.1, -0.05) is 30.7 Å². The molecule has 2 heteroatoms. The maximum Gasteiger partial charge on any atom is 0.123 e. The molecule has 0 fully saturated rings. The molecule has 74 valence electrons. The van der Waals surface area contributed by atoms with Gasteiger partial charge in [-0.15, -0.1) is 0 Å². The van der Waals surface area contributed by atoms with E-state index in [0.717, 1.165) is 24.2 Å². The fourth-order valence-electron chi connectivity index (χ4n) is 2.29. The summed E-state index contributed by atoms with van der Waals surface area (Å²) in [7, 11) is 0. The van der Waals surface area contributed by atoms with Crippen LogP contribution in [0.3, 0.4) is 0 Å². The fourth-order valence-corrected chi connectivity index (χ4v) is 2.63. The van der Waals surface area contributed by atoms with Gasteiger partial charge in [0.25, 0.3) is 0 Å². The van der Waals surface area contributed by atoms with E-state index in [1.807, 2.05) is 19.1 Å². The van der Waals surface area contributed by atoms with E-state index in [9.17, 15) is 4.79 Å². The molecule has 2 rings (SSSR count). The highest BCUT2D eigenvalue weighted by atomic mass is 35.5. The standard InChI is InChI=1S/C12H13ClO/c1-8(7-14)10-6-5-9-3-2-4-11(13)12(9)10/h2-4,7-8,10H,5-6H2,1H3. The van der Waals surface area contributed by atoms with Gasteiger partial charge in [-0.05, 0) is 36.0 Å². The SMILES string of the molecule is CC(C=O)C1CCc2cccc(Cl)c21. The topological polar surface area (TPSA) is 17.1 Å². The van der Waals surface area contributed by atoms with E-state index in [0.29, 0.717) is 5.92 Å². The van der Waals surface area contributed by atoms with Crippen LogP contribution in [0.15, 0.2) is 18.2 Å². The highest BCUT2D eigenvalue weighted by molar-refractivity contribution is 6.31. The van der Waals surface area contributed by atoms with Crippen LogP contribution in [0.1, 0.15) is 30.4 Å². The second-order valence-corrected chi connectivity index (χ2v) is 4.36. The van der Waals surface area contributed by atoms with E-state index in [1.165, 1.54) is 11.1 Å². The number of hydrogen-bond donors (Lipinski definition) is 0. The van der Waals surface area contributed by atoms with Crippen molar-refractivity contribution in [3.8, 4) is 0 Å². The van der Waals surface area contributed by atoms with E-state index < -0.39 is 0 Å². The zero-order valence-corrected chi connectivity index (χ0v) is 8.92. The van der Waals surface area contributed by atoms with Crippen LogP contribution in [-0.4, -0.2) is 6.29 Å². The smallest absolute Gasteiger partial charge is 0.123 e. The molecular formula is C12H13ClO. The minimum atomic E-state index is 0.0798. The summed E-state index contributed by atoms with van der Waals surface area (Å²) < 4.78 is 0. The Bertz CT molecular complexity index is 359. The minimum absolute atomic E-state index is 0.0798. The van der Waals surface area contributed by atoms with Crippen molar-refractivity contribution in [3.05, 3.63) is 34.3 Å². The number of carbonyl (C=O) groups excluding carboxylic acids is 1. The van der Waals surface area contributed by atoms with Gasteiger partial charge in [-0.25, -0.2) is 0 Å². The Morgan fingerprint density at radius 2 is 2.36 bits per heavy atom. The number of carbonyl (C=O) groups is 1. The number of benzene rings is 1. The molecule has 1 nitrogen and oxygen atoms in total. The first-order valence-electron chi connectivity index (χ1n) is 4.96. The zero-order valence-electron chi connectivity index (χ0n) is 8.16. The number of halogens is 1. The lowest BCUT2D eigenvalue weighted by Crippen LogP contribution is -2.08. The van der Waals surface area contributed by atoms with Crippen molar-refractivity contribution >= 4 is 17.9 Å². The van der Waals surface area contributed by atoms with E-state index in [1.54, 1.807) is 0 Å². The van der Waals surface area contributed by atoms with Crippen LogP contribution < -0.4 is 0 Å². The van der Waals surface area contributed by atoms with Gasteiger partial charge in [0.15, 0.2) is 0 Å². The van der Waals surface area contributed by atoms with Gasteiger partial charge in [-0.3, -0.25) is 0 Å². The summed E-state index contributed by atoms with van der Waals surface area (Å²) in [4.78, 5) is 10.8. The Morgan fingerprint density at radius 3 is 3.07 bits per heavy atom. The number of fused-ring (bicyclic) bond motifs is 1. The Balaban J connectivity index is 2.42. The number of hydrogen-bond acceptors (Lipinski definition) is 1. The predicted octanol–water partition coefficient (Wildman–Crippen LogP) is 3.20. The summed E-state index contributed by atoms with van der Waals surface area (Å²) in [6, 6.07) is 6.00. The number of aryl methyl sites for hydroxylation is 1. The Morgan fingerprint density at radius 1 is 1.57 bits per heavy atom. The monoisotopic (exact) mass is 208 g/mol. The van der Waals surface area contributed by atoms with Gasteiger partial charge in [-0.2, -0.15) is 0 Å². The minimum Gasteiger partial charge on any atom is -0.303 e. The van der Waals surface area contributed by atoms with Crippen molar-refractivity contribution in [3.63, 3.8) is 0 Å². The first-order valence-corrected chi connectivity index (χ1v) is 5.34. The largest absolute Gasteiger partial charge is 0.303 e. The van der Waals surface area contributed by atoms with Crippen LogP contribution in [0.25, 0.3) is 0 Å². The lowest BCUT2D eigenvalue weighted by molar-refractivity contribution is -0.111. The molecule has 0 saturated heterocycles. The zero-order chi connectivity index (χ0) is 10.1. The molecule has 14 heavy (non-hydrogen) atoms. The molecule has 0 N–H and O–H groups in total. The third-order valence-electron chi connectivity index (χ3n) is 3.09. The van der Waals surface area contributed by atoms with E-state index in [2.05, 4.69) is 6.07 Å². The van der Waals surface area contributed by atoms with Crippen LogP contribution in [0.2, 0.25) is 5.02 Å². The Labute approximate surface area is 89.1 Å². The lowest BCUT2D eigenvalue weighted by Gasteiger charge is -2.15. The van der Waals surface area contributed by atoms with Crippen LogP contribution in [0.5, 0.6) is 0 Å². The first-order chi connectivity index (χ1) is 6.74. The summed E-state index contributed by atoms with van der Waals surface area (Å²) >= 11 is 6.15. The van der Waals surface area contributed by atoms with Gasteiger partial charge in [0.1, 0.15) is 6.29 Å². The molecule has 2 atom stereocenters. The Kier molecular flexibility index (Phi) is 2.60. The molecule has 2 unspecified atom stereocenters. The summed E-state index contributed by atoms with van der Waals surface area (Å²) in [6.07, 6.45) is 3.14. The fraction of sp³-hybridized carbons (Fsp3) is 0.417. The van der Waals surface area contributed by atoms with Crippen LogP contribution in [0, 0.1) is 5.92 Å². The van der Waals surface area contributed by atoms with Crippen molar-refractivity contribution in [2.45, 2.75) is 25.7 Å². The van der Waals surface area contributed by atoms with Gasteiger partial charge < -0.3 is 4.79 Å². The average molecular weight is 209 g/mol. The quantitative estimate of drug-likeness (QED) is 0.683. The first kappa shape index (κ1) is 9.72. The van der Waals surface area contributed by atoms with Crippen molar-refractivity contribution in [2.24, 2.45) is 5.92 Å². The lowest BCUT2D eigenvalue weighted by atomic mass is 9.90. The molecule has 1 aromatic carbocycles. The molecule has 0 saturated carbocycles. The molecule has 0 radical (unpaired) electrons. The molecule has 1 aliphatic carbocycles. The molecule has 1 aliphatic rings. The van der Waals surface area contributed by atoms with Crippen LogP contribution in [-0.2, 0) is 11.2 Å². The number of aldehydes is 1. The maximum absolute atomic E-state index is 10.8. The van der Waals surface area contributed by atoms with E-state index >= 15 is 0 Å². The highest BCUT2D eigenvalue weighted by Gasteiger charge is 2.28.